The van der Waals surface area contributed by atoms with Crippen LogP contribution in [0.25, 0.3) is 0 Å². The van der Waals surface area contributed by atoms with E-state index < -0.39 is 0 Å². The van der Waals surface area contributed by atoms with E-state index >= 15 is 0 Å². The van der Waals surface area contributed by atoms with E-state index in [-0.39, 0.29) is 12.0 Å². The lowest BCUT2D eigenvalue weighted by molar-refractivity contribution is 0.282. The van der Waals surface area contributed by atoms with Crippen LogP contribution < -0.4 is 10.2 Å². The summed E-state index contributed by atoms with van der Waals surface area (Å²) >= 11 is 0. The fourth-order valence-corrected chi connectivity index (χ4v) is 2.19. The number of aliphatic hydroxyl groups excluding tert-OH is 1. The van der Waals surface area contributed by atoms with Gasteiger partial charge in [-0.05, 0) is 17.7 Å². The molecule has 0 aliphatic heterocycles. The van der Waals surface area contributed by atoms with Crippen molar-refractivity contribution in [3.63, 3.8) is 0 Å². The molecule has 0 fully saturated rings. The zero-order valence-corrected chi connectivity index (χ0v) is 13.7. The third kappa shape index (κ3) is 3.74. The lowest BCUT2D eigenvalue weighted by Gasteiger charge is -2.27. The SMILES string of the molecule is CN(C)c1ccc(C(C)(C)CNc2ccncc2CO)cn1. The summed E-state index contributed by atoms with van der Waals surface area (Å²) in [5.74, 6) is 0.948. The number of aromatic nitrogens is 2. The van der Waals surface area contributed by atoms with Crippen LogP contribution in [0, 0.1) is 0 Å². The Morgan fingerprint density at radius 3 is 2.55 bits per heavy atom. The Morgan fingerprint density at radius 2 is 1.95 bits per heavy atom. The fourth-order valence-electron chi connectivity index (χ4n) is 2.19. The van der Waals surface area contributed by atoms with Gasteiger partial charge in [-0.3, -0.25) is 4.98 Å². The van der Waals surface area contributed by atoms with Gasteiger partial charge in [-0.15, -0.1) is 0 Å². The van der Waals surface area contributed by atoms with Crippen molar-refractivity contribution in [2.75, 3.05) is 30.9 Å². The van der Waals surface area contributed by atoms with Gasteiger partial charge in [-0.2, -0.15) is 0 Å². The summed E-state index contributed by atoms with van der Waals surface area (Å²) in [6, 6.07) is 6.03. The van der Waals surface area contributed by atoms with Crippen LogP contribution in [-0.4, -0.2) is 35.7 Å². The number of rotatable bonds is 6. The summed E-state index contributed by atoms with van der Waals surface area (Å²) < 4.78 is 0. The van der Waals surface area contributed by atoms with Gasteiger partial charge in [0.15, 0.2) is 0 Å². The van der Waals surface area contributed by atoms with Crippen LogP contribution in [0.1, 0.15) is 25.0 Å². The number of nitrogens with zero attached hydrogens (tertiary/aromatic N) is 3. The number of hydrogen-bond acceptors (Lipinski definition) is 5. The molecular formula is C17H24N4O. The maximum atomic E-state index is 9.35. The van der Waals surface area contributed by atoms with Gasteiger partial charge in [0.05, 0.1) is 6.61 Å². The molecule has 0 amide bonds. The van der Waals surface area contributed by atoms with Gasteiger partial charge in [-0.1, -0.05) is 19.9 Å². The first kappa shape index (κ1) is 16.2. The molecule has 2 aromatic rings. The van der Waals surface area contributed by atoms with Crippen molar-refractivity contribution in [2.45, 2.75) is 25.9 Å². The lowest BCUT2D eigenvalue weighted by Crippen LogP contribution is -2.28. The van der Waals surface area contributed by atoms with Crippen molar-refractivity contribution < 1.29 is 5.11 Å². The molecule has 2 heterocycles. The summed E-state index contributed by atoms with van der Waals surface area (Å²) in [6.45, 7) is 5.07. The predicted molar refractivity (Wildman–Crippen MR) is 90.2 cm³/mol. The molecule has 2 aromatic heterocycles. The van der Waals surface area contributed by atoms with Crippen LogP contribution in [0.15, 0.2) is 36.8 Å². The van der Waals surface area contributed by atoms with Gasteiger partial charge in [0, 0.05) is 55.9 Å². The van der Waals surface area contributed by atoms with E-state index in [1.54, 1.807) is 12.4 Å². The van der Waals surface area contributed by atoms with Crippen LogP contribution in [0.4, 0.5) is 11.5 Å². The lowest BCUT2D eigenvalue weighted by atomic mass is 9.85. The molecule has 0 spiro atoms. The Labute approximate surface area is 132 Å². The fraction of sp³-hybridized carbons (Fsp3) is 0.412. The van der Waals surface area contributed by atoms with Gasteiger partial charge >= 0.3 is 0 Å². The smallest absolute Gasteiger partial charge is 0.127 e. The van der Waals surface area contributed by atoms with Gasteiger partial charge < -0.3 is 15.3 Å². The second-order valence-corrected chi connectivity index (χ2v) is 6.23. The number of nitrogens with one attached hydrogen (secondary N) is 1. The van der Waals surface area contributed by atoms with E-state index in [1.807, 2.05) is 37.3 Å². The van der Waals surface area contributed by atoms with Crippen LogP contribution in [0.5, 0.6) is 0 Å². The van der Waals surface area contributed by atoms with Crippen LogP contribution >= 0.6 is 0 Å². The average molecular weight is 300 g/mol. The van der Waals surface area contributed by atoms with Crippen LogP contribution in [-0.2, 0) is 12.0 Å². The van der Waals surface area contributed by atoms with Crippen molar-refractivity contribution in [1.29, 1.82) is 0 Å². The molecule has 0 aliphatic carbocycles. The van der Waals surface area contributed by atoms with Crippen LogP contribution in [0.2, 0.25) is 0 Å². The van der Waals surface area contributed by atoms with Crippen molar-refractivity contribution in [3.8, 4) is 0 Å². The van der Waals surface area contributed by atoms with Crippen molar-refractivity contribution >= 4 is 11.5 Å². The zero-order valence-electron chi connectivity index (χ0n) is 13.7. The van der Waals surface area contributed by atoms with Gasteiger partial charge in [0.25, 0.3) is 0 Å². The molecule has 0 saturated carbocycles. The standard InChI is InChI=1S/C17H24N4O/c1-17(2,14-5-6-16(19-10-14)21(3)4)12-20-15-7-8-18-9-13(15)11-22/h5-10,22H,11-12H2,1-4H3,(H,18,20). The number of pyridine rings is 2. The molecule has 0 saturated heterocycles. The number of anilines is 2. The van der Waals surface area contributed by atoms with E-state index in [1.165, 1.54) is 5.56 Å². The van der Waals surface area contributed by atoms with Crippen molar-refractivity contribution in [2.24, 2.45) is 0 Å². The maximum absolute atomic E-state index is 9.35. The Morgan fingerprint density at radius 1 is 1.18 bits per heavy atom. The quantitative estimate of drug-likeness (QED) is 0.858. The minimum Gasteiger partial charge on any atom is -0.392 e. The van der Waals surface area contributed by atoms with Crippen LogP contribution in [0.3, 0.4) is 0 Å². The summed E-state index contributed by atoms with van der Waals surface area (Å²) in [4.78, 5) is 10.5. The molecule has 0 aliphatic rings. The molecule has 0 unspecified atom stereocenters. The highest BCUT2D eigenvalue weighted by Crippen LogP contribution is 2.25. The largest absolute Gasteiger partial charge is 0.392 e. The highest BCUT2D eigenvalue weighted by atomic mass is 16.3. The molecule has 0 radical (unpaired) electrons. The monoisotopic (exact) mass is 300 g/mol. The molecule has 118 valence electrons. The Hall–Kier alpha value is -2.14. The van der Waals surface area contributed by atoms with E-state index in [4.69, 9.17) is 0 Å². The van der Waals surface area contributed by atoms with E-state index in [2.05, 4.69) is 35.2 Å². The summed E-state index contributed by atoms with van der Waals surface area (Å²) in [7, 11) is 3.96. The first-order valence-corrected chi connectivity index (χ1v) is 7.35. The molecule has 22 heavy (non-hydrogen) atoms. The molecule has 2 N–H and O–H groups in total. The van der Waals surface area contributed by atoms with E-state index in [0.717, 1.165) is 23.6 Å². The Kier molecular flexibility index (Phi) is 4.98. The highest BCUT2D eigenvalue weighted by molar-refractivity contribution is 5.50. The highest BCUT2D eigenvalue weighted by Gasteiger charge is 2.21. The third-order valence-corrected chi connectivity index (χ3v) is 3.78. The Balaban J connectivity index is 2.10. The third-order valence-electron chi connectivity index (χ3n) is 3.78. The second kappa shape index (κ2) is 6.75. The molecule has 0 aromatic carbocycles. The van der Waals surface area contributed by atoms with Crippen molar-refractivity contribution in [1.82, 2.24) is 9.97 Å². The minimum absolute atomic E-state index is 0.0182. The maximum Gasteiger partial charge on any atom is 0.127 e. The van der Waals surface area contributed by atoms with Gasteiger partial charge in [-0.25, -0.2) is 4.98 Å². The van der Waals surface area contributed by atoms with E-state index in [0.29, 0.717) is 0 Å². The normalized spacial score (nSPS) is 11.3. The second-order valence-electron chi connectivity index (χ2n) is 6.23. The van der Waals surface area contributed by atoms with Gasteiger partial charge in [0.1, 0.15) is 5.82 Å². The molecule has 0 atom stereocenters. The number of aliphatic hydroxyl groups is 1. The molecule has 5 nitrogen and oxygen atoms in total. The number of hydrogen-bond donors (Lipinski definition) is 2. The molecule has 5 heteroatoms. The molecule has 2 rings (SSSR count). The average Bonchev–Trinajstić information content (AvgIpc) is 2.53. The first-order chi connectivity index (χ1) is 10.4. The topological polar surface area (TPSA) is 61.3 Å². The van der Waals surface area contributed by atoms with Gasteiger partial charge in [0.2, 0.25) is 0 Å². The molecule has 0 bridgehead atoms. The van der Waals surface area contributed by atoms with E-state index in [9.17, 15) is 5.11 Å². The zero-order chi connectivity index (χ0) is 16.2. The summed E-state index contributed by atoms with van der Waals surface area (Å²) in [6.07, 6.45) is 5.33. The Bertz CT molecular complexity index is 608. The predicted octanol–water partition coefficient (Wildman–Crippen LogP) is 2.42. The molecular weight excluding hydrogens is 276 g/mol. The summed E-state index contributed by atoms with van der Waals surface area (Å²) in [5.41, 5.74) is 2.82. The summed E-state index contributed by atoms with van der Waals surface area (Å²) in [5, 5.41) is 12.8. The first-order valence-electron chi connectivity index (χ1n) is 7.35. The minimum atomic E-state index is -0.0756. The van der Waals surface area contributed by atoms with Crippen molar-refractivity contribution in [3.05, 3.63) is 47.9 Å².